The van der Waals surface area contributed by atoms with Crippen LogP contribution in [0.3, 0.4) is 0 Å². The Labute approximate surface area is 316 Å². The fourth-order valence-corrected chi connectivity index (χ4v) is 7.59. The molecule has 2 saturated heterocycles. The van der Waals surface area contributed by atoms with Gasteiger partial charge in [-0.2, -0.15) is 0 Å². The van der Waals surface area contributed by atoms with Gasteiger partial charge in [-0.25, -0.2) is 9.97 Å². The first-order valence-corrected chi connectivity index (χ1v) is 18.8. The maximum absolute atomic E-state index is 13.3. The number of amides is 2. The monoisotopic (exact) mass is 751 g/mol. The van der Waals surface area contributed by atoms with Crippen molar-refractivity contribution in [3.8, 4) is 39.4 Å². The van der Waals surface area contributed by atoms with E-state index in [1.807, 2.05) is 60.7 Å². The second-order valence-corrected chi connectivity index (χ2v) is 14.7. The summed E-state index contributed by atoms with van der Waals surface area (Å²) in [6.45, 7) is 2.19. The van der Waals surface area contributed by atoms with Crippen molar-refractivity contribution in [2.45, 2.75) is 69.8 Å². The van der Waals surface area contributed by atoms with Crippen molar-refractivity contribution in [3.63, 3.8) is 0 Å². The number of aromatic nitrogens is 3. The van der Waals surface area contributed by atoms with Crippen LogP contribution in [0, 0.1) is 0 Å². The Morgan fingerprint density at radius 1 is 0.755 bits per heavy atom. The van der Waals surface area contributed by atoms with Crippen LogP contribution >= 0.6 is 23.2 Å². The van der Waals surface area contributed by atoms with Gasteiger partial charge < -0.3 is 26.0 Å². The highest BCUT2D eigenvalue weighted by Crippen LogP contribution is 2.42. The Bertz CT molecular complexity index is 2270. The molecule has 3 fully saturated rings. The van der Waals surface area contributed by atoms with E-state index in [4.69, 9.17) is 32.9 Å². The summed E-state index contributed by atoms with van der Waals surface area (Å²) in [5.74, 6) is 0.748. The minimum absolute atomic E-state index is 0.0625. The predicted octanol–water partition coefficient (Wildman–Crippen LogP) is 5.67. The van der Waals surface area contributed by atoms with Crippen molar-refractivity contribution in [2.75, 3.05) is 13.1 Å². The lowest BCUT2D eigenvalue weighted by molar-refractivity contribution is -0.120. The number of fused-ring (bicyclic) bond motifs is 1. The summed E-state index contributed by atoms with van der Waals surface area (Å²) >= 11 is 14.3. The Kier molecular flexibility index (Phi) is 10.2. The molecule has 5 aromatic rings. The molecule has 4 N–H and O–H groups in total. The fraction of sp³-hybridized carbons (Fsp3) is 0.325. The second kappa shape index (κ2) is 15.3. The first kappa shape index (κ1) is 35.2. The van der Waals surface area contributed by atoms with Gasteiger partial charge in [-0.05, 0) is 49.4 Å². The van der Waals surface area contributed by atoms with Crippen molar-refractivity contribution >= 4 is 40.7 Å². The number of rotatable bonds is 13. The van der Waals surface area contributed by atoms with E-state index in [2.05, 4.69) is 26.3 Å². The van der Waals surface area contributed by atoms with Gasteiger partial charge in [0.25, 0.3) is 5.56 Å². The highest BCUT2D eigenvalue weighted by atomic mass is 35.5. The average Bonchev–Trinajstić information content (AvgIpc) is 3.73. The molecule has 272 valence electrons. The molecule has 0 unspecified atom stereocenters. The SMILES string of the molecule is O=C1CC[C@H](CNCc2ccc(-c3cccc(-c4cccc(-c5ccn6c(=O)c(CNC[C@@H]7CCC(=O)N7)cnc6c5)c4Cl)c3Cl)nc2OC2CC2)N1. The lowest BCUT2D eigenvalue weighted by atomic mass is 9.97. The lowest BCUT2D eigenvalue weighted by Gasteiger charge is -2.16. The van der Waals surface area contributed by atoms with Crippen LogP contribution in [0.1, 0.15) is 49.7 Å². The second-order valence-electron chi connectivity index (χ2n) is 13.9. The molecular weight excluding hydrogens is 713 g/mol. The number of hydrogen-bond donors (Lipinski definition) is 4. The summed E-state index contributed by atoms with van der Waals surface area (Å²) in [6, 6.07) is 19.5. The molecule has 1 aliphatic carbocycles. The summed E-state index contributed by atoms with van der Waals surface area (Å²) in [5.41, 5.74) is 6.38. The Hall–Kier alpha value is -4.81. The lowest BCUT2D eigenvalue weighted by Crippen LogP contribution is -2.36. The molecule has 3 aromatic heterocycles. The van der Waals surface area contributed by atoms with Gasteiger partial charge in [0.15, 0.2) is 0 Å². The van der Waals surface area contributed by atoms with E-state index in [1.165, 1.54) is 4.40 Å². The van der Waals surface area contributed by atoms with Crippen LogP contribution < -0.4 is 31.6 Å². The number of benzene rings is 2. The Balaban J connectivity index is 1.02. The van der Waals surface area contributed by atoms with E-state index in [-0.39, 0.29) is 35.6 Å². The number of nitrogens with zero attached hydrogens (tertiary/aromatic N) is 3. The third-order valence-electron chi connectivity index (χ3n) is 9.98. The molecular formula is C40H39Cl2N7O4. The molecule has 0 spiro atoms. The van der Waals surface area contributed by atoms with Crippen LogP contribution in [0.2, 0.25) is 10.0 Å². The first-order valence-electron chi connectivity index (χ1n) is 18.1. The Morgan fingerprint density at radius 3 is 2.02 bits per heavy atom. The van der Waals surface area contributed by atoms with E-state index >= 15 is 0 Å². The van der Waals surface area contributed by atoms with E-state index in [0.717, 1.165) is 59.1 Å². The molecule has 5 heterocycles. The van der Waals surface area contributed by atoms with E-state index in [0.29, 0.717) is 71.9 Å². The number of pyridine rings is 2. The van der Waals surface area contributed by atoms with Gasteiger partial charge in [0, 0.05) is 96.9 Å². The van der Waals surface area contributed by atoms with Crippen molar-refractivity contribution in [3.05, 3.63) is 105 Å². The molecule has 11 nitrogen and oxygen atoms in total. The standard InChI is InChI=1S/C40H39Cl2N7O4/c41-37-29(23-15-16-49-34(17-23)45-20-25(40(49)52)19-44-22-27-9-14-36(51)47-27)3-1-4-30(37)31-5-2-6-32(38(31)42)33-12-7-24(39(48-33)53-28-10-11-28)18-43-21-26-8-13-35(50)46-26/h1-7,12,15-17,20,26-28,43-44H,8-11,13-14,18-19,21-22H2,(H,46,50)(H,47,51)/t26-,27+/m1/s1. The fourth-order valence-electron chi connectivity index (χ4n) is 6.93. The molecule has 3 aliphatic rings. The molecule has 53 heavy (non-hydrogen) atoms. The molecule has 2 atom stereocenters. The van der Waals surface area contributed by atoms with Crippen molar-refractivity contribution in [1.29, 1.82) is 0 Å². The number of nitrogens with one attached hydrogen (secondary N) is 4. The molecule has 13 heteroatoms. The largest absolute Gasteiger partial charge is 0.474 e. The van der Waals surface area contributed by atoms with Crippen LogP contribution in [0.15, 0.2) is 77.9 Å². The van der Waals surface area contributed by atoms with Gasteiger partial charge in [-0.3, -0.25) is 18.8 Å². The third-order valence-corrected chi connectivity index (χ3v) is 10.8. The predicted molar refractivity (Wildman–Crippen MR) is 205 cm³/mol. The van der Waals surface area contributed by atoms with Crippen molar-refractivity contribution in [1.82, 2.24) is 35.6 Å². The highest BCUT2D eigenvalue weighted by Gasteiger charge is 2.27. The smallest absolute Gasteiger partial charge is 0.262 e. The van der Waals surface area contributed by atoms with Gasteiger partial charge in [0.1, 0.15) is 11.8 Å². The zero-order chi connectivity index (χ0) is 36.5. The van der Waals surface area contributed by atoms with Gasteiger partial charge >= 0.3 is 0 Å². The van der Waals surface area contributed by atoms with E-state index < -0.39 is 0 Å². The molecule has 2 aliphatic heterocycles. The van der Waals surface area contributed by atoms with Crippen LogP contribution in [0.4, 0.5) is 0 Å². The number of carbonyl (C=O) groups excluding carboxylic acids is 2. The molecule has 1 saturated carbocycles. The molecule has 0 bridgehead atoms. The molecule has 2 amide bonds. The van der Waals surface area contributed by atoms with Crippen LogP contribution in [0.25, 0.3) is 39.2 Å². The molecule has 2 aromatic carbocycles. The Morgan fingerprint density at radius 2 is 1.38 bits per heavy atom. The number of hydrogen-bond acceptors (Lipinski definition) is 8. The quantitative estimate of drug-likeness (QED) is 0.121. The van der Waals surface area contributed by atoms with Gasteiger partial charge in [-0.1, -0.05) is 65.7 Å². The van der Waals surface area contributed by atoms with Crippen LogP contribution in [0.5, 0.6) is 5.88 Å². The summed E-state index contributed by atoms with van der Waals surface area (Å²) in [6.07, 6.45) is 8.22. The van der Waals surface area contributed by atoms with Gasteiger partial charge in [-0.15, -0.1) is 0 Å². The molecule has 8 rings (SSSR count). The number of ether oxygens (including phenoxy) is 1. The summed E-state index contributed by atoms with van der Waals surface area (Å²) in [5, 5.41) is 13.7. The minimum atomic E-state index is -0.157. The maximum Gasteiger partial charge on any atom is 0.262 e. The minimum Gasteiger partial charge on any atom is -0.474 e. The number of carbonyl (C=O) groups is 2. The average molecular weight is 753 g/mol. The molecule has 0 radical (unpaired) electrons. The highest BCUT2D eigenvalue weighted by molar-refractivity contribution is 6.39. The summed E-state index contributed by atoms with van der Waals surface area (Å²) < 4.78 is 7.78. The zero-order valence-corrected chi connectivity index (χ0v) is 30.5. The normalized spacial score (nSPS) is 18.4. The summed E-state index contributed by atoms with van der Waals surface area (Å²) in [7, 11) is 0. The number of halogens is 2. The zero-order valence-electron chi connectivity index (χ0n) is 29.0. The third kappa shape index (κ3) is 7.79. The van der Waals surface area contributed by atoms with Gasteiger partial charge in [0.2, 0.25) is 17.7 Å². The summed E-state index contributed by atoms with van der Waals surface area (Å²) in [4.78, 5) is 45.9. The van der Waals surface area contributed by atoms with E-state index in [9.17, 15) is 14.4 Å². The first-order chi connectivity index (χ1) is 25.8. The maximum atomic E-state index is 13.3. The van der Waals surface area contributed by atoms with E-state index in [1.54, 1.807) is 12.4 Å². The van der Waals surface area contributed by atoms with Crippen LogP contribution in [-0.4, -0.2) is 57.5 Å². The van der Waals surface area contributed by atoms with Gasteiger partial charge in [0.05, 0.1) is 15.7 Å². The topological polar surface area (TPSA) is 139 Å². The van der Waals surface area contributed by atoms with Crippen molar-refractivity contribution in [2.24, 2.45) is 0 Å². The van der Waals surface area contributed by atoms with Crippen LogP contribution in [-0.2, 0) is 22.7 Å². The van der Waals surface area contributed by atoms with Crippen molar-refractivity contribution < 1.29 is 14.3 Å².